The minimum absolute atomic E-state index is 0.374. The molecule has 0 bridgehead atoms. The Morgan fingerprint density at radius 1 is 1.28 bits per heavy atom. The molecule has 4 rings (SSSR count). The van der Waals surface area contributed by atoms with E-state index in [1.807, 2.05) is 11.4 Å². The minimum Gasteiger partial charge on any atom is -0.497 e. The van der Waals surface area contributed by atoms with Crippen molar-refractivity contribution >= 4 is 34.9 Å². The highest BCUT2D eigenvalue weighted by molar-refractivity contribution is 7.10. The van der Waals surface area contributed by atoms with E-state index in [0.717, 1.165) is 28.2 Å². The van der Waals surface area contributed by atoms with Gasteiger partial charge in [0.1, 0.15) is 23.6 Å². The van der Waals surface area contributed by atoms with Crippen molar-refractivity contribution in [2.24, 2.45) is 0 Å². The summed E-state index contributed by atoms with van der Waals surface area (Å²) in [5.41, 5.74) is 0.229. The Bertz CT molecular complexity index is 988. The van der Waals surface area contributed by atoms with Crippen molar-refractivity contribution in [2.75, 3.05) is 26.1 Å². The van der Waals surface area contributed by atoms with Gasteiger partial charge in [-0.05, 0) is 42.8 Å². The van der Waals surface area contributed by atoms with Gasteiger partial charge in [-0.3, -0.25) is 14.5 Å². The number of nitrogens with zero attached hydrogens (tertiary/aromatic N) is 1. The summed E-state index contributed by atoms with van der Waals surface area (Å²) in [4.78, 5) is 40.4. The first kappa shape index (κ1) is 19.3. The average Bonchev–Trinajstić information content (AvgIpc) is 3.29. The number of urea groups is 1. The molecular weight excluding hydrogens is 394 g/mol. The van der Waals surface area contributed by atoms with Crippen molar-refractivity contribution in [1.29, 1.82) is 0 Å². The topological polar surface area (TPSA) is 97.0 Å². The van der Waals surface area contributed by atoms with Crippen molar-refractivity contribution in [3.8, 4) is 11.5 Å². The van der Waals surface area contributed by atoms with Gasteiger partial charge in [0.05, 0.1) is 19.9 Å². The maximum Gasteiger partial charge on any atom is 0.325 e. The van der Waals surface area contributed by atoms with Crippen molar-refractivity contribution < 1.29 is 23.9 Å². The zero-order chi connectivity index (χ0) is 20.6. The SMILES string of the molecule is COc1ccc(NC(=O)CN2C(=O)N[C@@]3(CCCc4sccc43)C2=O)c(OC)c1. The lowest BCUT2D eigenvalue weighted by atomic mass is 9.80. The summed E-state index contributed by atoms with van der Waals surface area (Å²) in [6.45, 7) is -0.374. The predicted octanol–water partition coefficient (Wildman–Crippen LogP) is 2.49. The molecule has 1 aromatic carbocycles. The molecule has 1 aliphatic carbocycles. The lowest BCUT2D eigenvalue weighted by Gasteiger charge is -2.31. The number of imide groups is 1. The number of benzene rings is 1. The van der Waals surface area contributed by atoms with Gasteiger partial charge in [-0.1, -0.05) is 0 Å². The first-order chi connectivity index (χ1) is 14.0. The molecule has 1 spiro atoms. The number of thiophene rings is 1. The molecule has 152 valence electrons. The Morgan fingerprint density at radius 3 is 2.86 bits per heavy atom. The molecule has 2 N–H and O–H groups in total. The molecule has 0 saturated carbocycles. The highest BCUT2D eigenvalue weighted by Gasteiger charge is 2.54. The van der Waals surface area contributed by atoms with Crippen molar-refractivity contribution in [1.82, 2.24) is 10.2 Å². The molecule has 1 aromatic heterocycles. The zero-order valence-electron chi connectivity index (χ0n) is 16.1. The van der Waals surface area contributed by atoms with E-state index in [4.69, 9.17) is 9.47 Å². The fourth-order valence-electron chi connectivity index (χ4n) is 3.92. The second-order valence-corrected chi connectivity index (χ2v) is 7.95. The highest BCUT2D eigenvalue weighted by atomic mass is 32.1. The third kappa shape index (κ3) is 3.21. The highest BCUT2D eigenvalue weighted by Crippen LogP contribution is 2.42. The Labute approximate surface area is 171 Å². The summed E-state index contributed by atoms with van der Waals surface area (Å²) >= 11 is 1.59. The number of fused-ring (bicyclic) bond motifs is 2. The van der Waals surface area contributed by atoms with Crippen LogP contribution in [0.15, 0.2) is 29.6 Å². The summed E-state index contributed by atoms with van der Waals surface area (Å²) in [7, 11) is 3.01. The lowest BCUT2D eigenvalue weighted by Crippen LogP contribution is -2.46. The van der Waals surface area contributed by atoms with E-state index in [0.29, 0.717) is 23.6 Å². The average molecular weight is 415 g/mol. The maximum atomic E-state index is 13.2. The van der Waals surface area contributed by atoms with Crippen molar-refractivity contribution in [3.05, 3.63) is 40.1 Å². The van der Waals surface area contributed by atoms with Gasteiger partial charge in [0.2, 0.25) is 5.91 Å². The van der Waals surface area contributed by atoms with E-state index in [9.17, 15) is 14.4 Å². The van der Waals surface area contributed by atoms with Crippen LogP contribution in [0.2, 0.25) is 0 Å². The van der Waals surface area contributed by atoms with Crippen LogP contribution in [0.5, 0.6) is 11.5 Å². The van der Waals surface area contributed by atoms with Crippen LogP contribution in [0.3, 0.4) is 0 Å². The predicted molar refractivity (Wildman–Crippen MR) is 107 cm³/mol. The number of anilines is 1. The van der Waals surface area contributed by atoms with Crippen LogP contribution in [0.25, 0.3) is 0 Å². The van der Waals surface area contributed by atoms with E-state index < -0.39 is 17.5 Å². The van der Waals surface area contributed by atoms with Gasteiger partial charge in [-0.15, -0.1) is 11.3 Å². The molecule has 29 heavy (non-hydrogen) atoms. The normalized spacial score (nSPS) is 20.4. The van der Waals surface area contributed by atoms with Gasteiger partial charge in [-0.2, -0.15) is 0 Å². The second kappa shape index (κ2) is 7.40. The smallest absolute Gasteiger partial charge is 0.325 e. The third-order valence-electron chi connectivity index (χ3n) is 5.32. The molecule has 2 heterocycles. The van der Waals surface area contributed by atoms with Gasteiger partial charge in [0.15, 0.2) is 0 Å². The van der Waals surface area contributed by atoms with E-state index >= 15 is 0 Å². The van der Waals surface area contributed by atoms with Gasteiger partial charge in [-0.25, -0.2) is 4.79 Å². The molecule has 1 saturated heterocycles. The number of hydrogen-bond acceptors (Lipinski definition) is 6. The number of ether oxygens (including phenoxy) is 2. The Hall–Kier alpha value is -3.07. The van der Waals surface area contributed by atoms with Crippen molar-refractivity contribution in [2.45, 2.75) is 24.8 Å². The molecule has 0 radical (unpaired) electrons. The molecule has 2 aromatic rings. The summed E-state index contributed by atoms with van der Waals surface area (Å²) in [5.74, 6) is 0.135. The van der Waals surface area contributed by atoms with Gasteiger partial charge < -0.3 is 20.1 Å². The molecule has 2 aliphatic rings. The number of rotatable bonds is 5. The Morgan fingerprint density at radius 2 is 2.10 bits per heavy atom. The second-order valence-electron chi connectivity index (χ2n) is 6.95. The third-order valence-corrected chi connectivity index (χ3v) is 6.30. The van der Waals surface area contributed by atoms with Crippen LogP contribution in [0.4, 0.5) is 10.5 Å². The van der Waals surface area contributed by atoms with Crippen LogP contribution in [-0.4, -0.2) is 43.5 Å². The zero-order valence-corrected chi connectivity index (χ0v) is 16.9. The number of carbonyl (C=O) groups is 3. The molecule has 1 fully saturated rings. The number of hydrogen-bond donors (Lipinski definition) is 2. The van der Waals surface area contributed by atoms with E-state index in [-0.39, 0.29) is 12.5 Å². The van der Waals surface area contributed by atoms with Crippen LogP contribution in [0.1, 0.15) is 23.3 Å². The van der Waals surface area contributed by atoms with E-state index in [1.54, 1.807) is 29.5 Å². The first-order valence-electron chi connectivity index (χ1n) is 9.21. The van der Waals surface area contributed by atoms with Gasteiger partial charge >= 0.3 is 6.03 Å². The molecule has 1 atom stereocenters. The summed E-state index contributed by atoms with van der Waals surface area (Å²) < 4.78 is 10.4. The van der Waals surface area contributed by atoms with Crippen molar-refractivity contribution in [3.63, 3.8) is 0 Å². The lowest BCUT2D eigenvalue weighted by molar-refractivity contribution is -0.134. The van der Waals surface area contributed by atoms with E-state index in [2.05, 4.69) is 10.6 Å². The molecule has 1 aliphatic heterocycles. The Balaban J connectivity index is 1.52. The molecule has 8 nitrogen and oxygen atoms in total. The number of nitrogens with one attached hydrogen (secondary N) is 2. The first-order valence-corrected chi connectivity index (χ1v) is 10.1. The van der Waals surface area contributed by atoms with Crippen LogP contribution >= 0.6 is 11.3 Å². The molecule has 0 unspecified atom stereocenters. The molecular formula is C20H21N3O5S. The van der Waals surface area contributed by atoms with Crippen LogP contribution in [0, 0.1) is 0 Å². The number of carbonyl (C=O) groups excluding carboxylic acids is 3. The monoisotopic (exact) mass is 415 g/mol. The minimum atomic E-state index is -1.05. The quantitative estimate of drug-likeness (QED) is 0.732. The fourth-order valence-corrected chi connectivity index (χ4v) is 4.92. The Kier molecular flexibility index (Phi) is 4.91. The summed E-state index contributed by atoms with van der Waals surface area (Å²) in [6, 6.07) is 6.30. The largest absolute Gasteiger partial charge is 0.497 e. The van der Waals surface area contributed by atoms with Gasteiger partial charge in [0.25, 0.3) is 5.91 Å². The number of amides is 4. The fraction of sp³-hybridized carbons (Fsp3) is 0.350. The number of aryl methyl sites for hydroxylation is 1. The van der Waals surface area contributed by atoms with Crippen LogP contribution in [-0.2, 0) is 21.5 Å². The molecule has 4 amide bonds. The van der Waals surface area contributed by atoms with Crippen LogP contribution < -0.4 is 20.1 Å². The summed E-state index contributed by atoms with van der Waals surface area (Å²) in [5, 5.41) is 7.47. The van der Waals surface area contributed by atoms with E-state index in [1.165, 1.54) is 14.2 Å². The maximum absolute atomic E-state index is 13.2. The molecule has 9 heteroatoms. The number of methoxy groups -OCH3 is 2. The van der Waals surface area contributed by atoms with Gasteiger partial charge in [0, 0.05) is 16.5 Å². The standard InChI is InChI=1S/C20H21N3O5S/c1-27-12-5-6-14(15(10-12)28-2)21-17(24)11-23-18(25)20(22-19(23)26)8-3-4-16-13(20)7-9-29-16/h5-7,9-10H,3-4,8,11H2,1-2H3,(H,21,24)(H,22,26)/t20-/m1/s1. The summed E-state index contributed by atoms with van der Waals surface area (Å²) in [6.07, 6.45) is 2.24.